The topological polar surface area (TPSA) is 63.4 Å². The Morgan fingerprint density at radius 1 is 0.907 bits per heavy atom. The average molecular weight is 656 g/mol. The molecular formula is C35H34Cl4N2O2. The van der Waals surface area contributed by atoms with Crippen molar-refractivity contribution < 1.29 is 9.59 Å². The van der Waals surface area contributed by atoms with E-state index in [2.05, 4.69) is 23.1 Å². The van der Waals surface area contributed by atoms with Gasteiger partial charge in [-0.3, -0.25) is 14.5 Å². The van der Waals surface area contributed by atoms with Gasteiger partial charge in [0.25, 0.3) is 0 Å². The lowest BCUT2D eigenvalue weighted by atomic mass is 9.73. The van der Waals surface area contributed by atoms with E-state index in [4.69, 9.17) is 52.1 Å². The first-order valence-corrected chi connectivity index (χ1v) is 16.5. The summed E-state index contributed by atoms with van der Waals surface area (Å²) in [5.74, 6) is 0.0730. The third-order valence-electron chi connectivity index (χ3n) is 9.46. The molecular weight excluding hydrogens is 622 g/mol. The monoisotopic (exact) mass is 654 g/mol. The number of hydrogen-bond donors (Lipinski definition) is 1. The summed E-state index contributed by atoms with van der Waals surface area (Å²) in [6, 6.07) is 9.74. The van der Waals surface area contributed by atoms with Crippen molar-refractivity contribution in [2.24, 2.45) is 5.73 Å². The Balaban J connectivity index is 1.42. The second kappa shape index (κ2) is 12.7. The number of halogens is 4. The molecule has 43 heavy (non-hydrogen) atoms. The lowest BCUT2D eigenvalue weighted by Gasteiger charge is -2.52. The highest BCUT2D eigenvalue weighted by Gasteiger charge is 2.60. The number of rotatable bonds is 6. The van der Waals surface area contributed by atoms with Crippen LogP contribution >= 0.6 is 46.4 Å². The molecule has 2 aromatic rings. The number of piperidine rings is 2. The Labute approximate surface area is 273 Å². The molecule has 4 atom stereocenters. The zero-order valence-electron chi connectivity index (χ0n) is 23.8. The molecule has 0 saturated carbocycles. The number of nitrogens with two attached hydrogens (primary N) is 1. The number of carbonyl (C=O) groups excluding carboxylic acids is 2. The highest BCUT2D eigenvalue weighted by atomic mass is 35.5. The zero-order chi connectivity index (χ0) is 30.3. The van der Waals surface area contributed by atoms with E-state index >= 15 is 0 Å². The summed E-state index contributed by atoms with van der Waals surface area (Å²) in [7, 11) is 0. The van der Waals surface area contributed by atoms with E-state index in [0.717, 1.165) is 49.7 Å². The summed E-state index contributed by atoms with van der Waals surface area (Å²) in [4.78, 5) is 31.2. The third-order valence-corrected chi connectivity index (χ3v) is 10.9. The summed E-state index contributed by atoms with van der Waals surface area (Å²) < 4.78 is 0. The molecule has 6 rings (SSSR count). The van der Waals surface area contributed by atoms with E-state index in [1.165, 1.54) is 5.57 Å². The molecule has 0 spiro atoms. The highest BCUT2D eigenvalue weighted by molar-refractivity contribution is 6.42. The van der Waals surface area contributed by atoms with Gasteiger partial charge in [0.2, 0.25) is 0 Å². The van der Waals surface area contributed by atoms with Crippen molar-refractivity contribution in [3.63, 3.8) is 0 Å². The van der Waals surface area contributed by atoms with E-state index < -0.39 is 11.6 Å². The molecule has 4 nitrogen and oxygen atoms in total. The van der Waals surface area contributed by atoms with Gasteiger partial charge in [0.1, 0.15) is 0 Å². The number of allylic oxidation sites excluding steroid dienone is 3. The van der Waals surface area contributed by atoms with Crippen LogP contribution in [0.2, 0.25) is 20.1 Å². The van der Waals surface area contributed by atoms with Crippen molar-refractivity contribution in [3.8, 4) is 0 Å². The molecule has 3 aliphatic heterocycles. The van der Waals surface area contributed by atoms with E-state index in [-0.39, 0.29) is 23.7 Å². The minimum Gasteiger partial charge on any atom is -0.321 e. The van der Waals surface area contributed by atoms with Gasteiger partial charge in [0, 0.05) is 23.2 Å². The number of nitrogens with zero attached hydrogens (tertiary/aromatic N) is 1. The molecule has 3 heterocycles. The van der Waals surface area contributed by atoms with E-state index in [9.17, 15) is 9.59 Å². The van der Waals surface area contributed by atoms with Crippen LogP contribution in [-0.4, -0.2) is 40.1 Å². The van der Waals surface area contributed by atoms with Crippen molar-refractivity contribution in [1.29, 1.82) is 0 Å². The molecule has 8 heteroatoms. The first kappa shape index (κ1) is 30.8. The van der Waals surface area contributed by atoms with Crippen LogP contribution in [0.15, 0.2) is 71.3 Å². The van der Waals surface area contributed by atoms with Gasteiger partial charge < -0.3 is 5.73 Å². The summed E-state index contributed by atoms with van der Waals surface area (Å²) in [5.41, 5.74) is 10.2. The van der Waals surface area contributed by atoms with E-state index in [1.54, 1.807) is 24.3 Å². The van der Waals surface area contributed by atoms with Gasteiger partial charge in [0.15, 0.2) is 11.6 Å². The number of carbonyl (C=O) groups is 2. The van der Waals surface area contributed by atoms with Gasteiger partial charge in [0.05, 0.1) is 31.7 Å². The van der Waals surface area contributed by atoms with Gasteiger partial charge in [-0.15, -0.1) is 0 Å². The lowest BCUT2D eigenvalue weighted by Crippen LogP contribution is -2.65. The third kappa shape index (κ3) is 5.95. The smallest absolute Gasteiger partial charge is 0.188 e. The normalized spacial score (nSPS) is 28.1. The minimum atomic E-state index is -0.718. The van der Waals surface area contributed by atoms with Crippen molar-refractivity contribution in [2.45, 2.75) is 81.5 Å². The number of hydrogen-bond acceptors (Lipinski definition) is 4. The molecule has 0 radical (unpaired) electrons. The van der Waals surface area contributed by atoms with Crippen LogP contribution in [0.5, 0.6) is 0 Å². The largest absolute Gasteiger partial charge is 0.321 e. The van der Waals surface area contributed by atoms with Gasteiger partial charge >= 0.3 is 0 Å². The van der Waals surface area contributed by atoms with Crippen molar-refractivity contribution in [1.82, 2.24) is 4.90 Å². The van der Waals surface area contributed by atoms with Crippen molar-refractivity contribution in [3.05, 3.63) is 103 Å². The number of ketones is 2. The van der Waals surface area contributed by atoms with Crippen LogP contribution in [0.1, 0.15) is 68.9 Å². The fraction of sp³-hybridized carbons (Fsp3) is 0.371. The van der Waals surface area contributed by atoms with Gasteiger partial charge in [-0.2, -0.15) is 0 Å². The number of Topliss-reactive ketones (excluding diaryl/α,β-unsaturated/α-hetero) is 2. The van der Waals surface area contributed by atoms with Crippen LogP contribution in [0, 0.1) is 0 Å². The summed E-state index contributed by atoms with van der Waals surface area (Å²) >= 11 is 25.1. The second-order valence-corrected chi connectivity index (χ2v) is 13.7. The summed E-state index contributed by atoms with van der Waals surface area (Å²) in [6.07, 6.45) is 17.5. The maximum Gasteiger partial charge on any atom is 0.188 e. The van der Waals surface area contributed by atoms with Crippen LogP contribution < -0.4 is 5.73 Å². The molecule has 0 aromatic heterocycles. The SMILES string of the molecule is NC(CC1=CCC=CCC1)C(=O)C12CCCC3C(=Cc4ccc(Cl)c(Cl)c4)C(=O)C(=Cc4ccc(Cl)c(Cl)c4)C(CC1)N32. The van der Waals surface area contributed by atoms with Crippen LogP contribution in [0.3, 0.4) is 0 Å². The van der Waals surface area contributed by atoms with E-state index in [0.29, 0.717) is 50.5 Å². The van der Waals surface area contributed by atoms with E-state index in [1.807, 2.05) is 24.3 Å². The number of benzene rings is 2. The molecule has 3 fully saturated rings. The predicted molar refractivity (Wildman–Crippen MR) is 178 cm³/mol. The molecule has 4 aliphatic rings. The average Bonchev–Trinajstić information content (AvgIpc) is 3.20. The van der Waals surface area contributed by atoms with Crippen LogP contribution in [0.25, 0.3) is 12.2 Å². The first-order valence-electron chi connectivity index (χ1n) is 15.0. The van der Waals surface area contributed by atoms with Crippen LogP contribution in [-0.2, 0) is 9.59 Å². The maximum absolute atomic E-state index is 14.5. The Kier molecular flexibility index (Phi) is 9.08. The van der Waals surface area contributed by atoms with Crippen LogP contribution in [0.4, 0.5) is 0 Å². The Bertz CT molecular complexity index is 1590. The van der Waals surface area contributed by atoms with Crippen molar-refractivity contribution >= 4 is 70.1 Å². The Morgan fingerprint density at radius 2 is 1.53 bits per heavy atom. The molecule has 2 aromatic carbocycles. The molecule has 4 unspecified atom stereocenters. The molecule has 0 amide bonds. The minimum absolute atomic E-state index is 0.0195. The van der Waals surface area contributed by atoms with Gasteiger partial charge in [-0.1, -0.05) is 82.3 Å². The standard InChI is InChI=1S/C35H34Cl4N2O2/c36-26-11-9-22(18-28(26)38)16-24-31-8-5-14-35(34(43)30(40)20-21-6-3-1-2-4-7-21)15-13-32(41(31)35)25(33(24)42)17-23-10-12-27(37)29(39)19-23/h1-2,6,9-12,16-19,30-32H,3-5,7-8,13-15,20,40H2. The molecule has 3 saturated heterocycles. The summed E-state index contributed by atoms with van der Waals surface area (Å²) in [5, 5.41) is 1.75. The Hall–Kier alpha value is -2.18. The Morgan fingerprint density at radius 3 is 2.16 bits per heavy atom. The fourth-order valence-corrected chi connectivity index (χ4v) is 8.12. The highest BCUT2D eigenvalue weighted by Crippen LogP contribution is 2.52. The van der Waals surface area contributed by atoms with Crippen molar-refractivity contribution in [2.75, 3.05) is 0 Å². The lowest BCUT2D eigenvalue weighted by molar-refractivity contribution is -0.137. The predicted octanol–water partition coefficient (Wildman–Crippen LogP) is 9.06. The van der Waals surface area contributed by atoms with Gasteiger partial charge in [-0.05, 0) is 105 Å². The quantitative estimate of drug-likeness (QED) is 0.249. The zero-order valence-corrected chi connectivity index (χ0v) is 26.8. The second-order valence-electron chi connectivity index (χ2n) is 12.1. The maximum atomic E-state index is 14.5. The fourth-order valence-electron chi connectivity index (χ4n) is 7.50. The first-order chi connectivity index (χ1) is 20.7. The summed E-state index contributed by atoms with van der Waals surface area (Å²) in [6.45, 7) is 0. The van der Waals surface area contributed by atoms with Gasteiger partial charge in [-0.25, -0.2) is 0 Å². The molecule has 0 bridgehead atoms. The molecule has 224 valence electrons. The molecule has 1 aliphatic carbocycles. The molecule has 2 N–H and O–H groups in total.